The summed E-state index contributed by atoms with van der Waals surface area (Å²) in [7, 11) is -3.35. The molecule has 12 atom stereocenters. The van der Waals surface area contributed by atoms with Gasteiger partial charge in [0, 0.05) is 25.1 Å². The molecule has 430 valence electrons. The molecule has 2 heterocycles. The van der Waals surface area contributed by atoms with Crippen LogP contribution in [0.1, 0.15) is 103 Å². The predicted octanol–water partition coefficient (Wildman–Crippen LogP) is 2.17. The Labute approximate surface area is 442 Å². The monoisotopic (exact) mass is 1100 g/mol. The summed E-state index contributed by atoms with van der Waals surface area (Å²) in [6.07, 6.45) is -14.1. The number of alkyl carbamates (subject to hydrolysis) is 3. The summed E-state index contributed by atoms with van der Waals surface area (Å²) >= 11 is 0. The summed E-state index contributed by atoms with van der Waals surface area (Å²) in [5.41, 5.74) is -6.74. The topological polar surface area (TPSA) is 372 Å². The van der Waals surface area contributed by atoms with Crippen molar-refractivity contribution in [3.8, 4) is 0 Å². The van der Waals surface area contributed by atoms with Gasteiger partial charge in [-0.15, -0.1) is 0 Å². The number of benzene rings is 1. The minimum atomic E-state index is -4.62. The highest BCUT2D eigenvalue weighted by molar-refractivity contribution is 7.89. The van der Waals surface area contributed by atoms with Crippen molar-refractivity contribution in [2.75, 3.05) is 26.7 Å². The standard InChI is InChI=1S/C48H77N7O20S/c1-44(2,3)72-40(60)49-23-30(56)38(59)51-28-21-27(53-42(62)74-46(7,8)9)32(33(57)36(28)71-39-34(58)37(48(13,64)24-69-39)54(14)43(63)75-47(10,11)12)35-26(52-41(61)73-45(4,5)6)20-19-25(70-35)22-50-76(67,68)31-18-16-15-17-29(31)55(65)66/h15-19,26-28,30,32-37,39,50,56-58,64H,20-24H2,1-14H3,(H,49,60)(H,51,59)(H,52,61)(H,53,62)/t26-,27+,28-,30+,32-,33+,34-,35?,36+,37-,39-,48+/m1/s1. The molecule has 28 heteroatoms. The predicted molar refractivity (Wildman–Crippen MR) is 267 cm³/mol. The summed E-state index contributed by atoms with van der Waals surface area (Å²) in [5.74, 6) is -2.75. The highest BCUT2D eigenvalue weighted by atomic mass is 32.2. The van der Waals surface area contributed by atoms with Crippen LogP contribution >= 0.6 is 0 Å². The molecule has 1 unspecified atom stereocenters. The summed E-state index contributed by atoms with van der Waals surface area (Å²) in [4.78, 5) is 78.3. The quantitative estimate of drug-likeness (QED) is 0.0690. The number of nitrogens with zero attached hydrogens (tertiary/aromatic N) is 2. The van der Waals surface area contributed by atoms with Gasteiger partial charge in [0.05, 0.1) is 48.8 Å². The SMILES string of the molecule is CN(C(=O)OC(C)(C)C)[C@@H]1[C@@H](O)[C@@H](O[C@@H]2[C@@H](O)[C@H](C3OC(CNS(=O)(=O)c4ccccc4[N+](=O)[O-])=CC[C@H]3NC(=O)OC(C)(C)C)[C@@H](NC(=O)OC(C)(C)C)C[C@H]2NC(=O)[C@@H](O)CNC(=O)OC(C)(C)C)OC[C@]1(C)O. The third-order valence-corrected chi connectivity index (χ3v) is 13.0. The van der Waals surface area contributed by atoms with Crippen molar-refractivity contribution >= 4 is 46.0 Å². The molecule has 1 saturated carbocycles. The molecule has 2 aliphatic heterocycles. The molecule has 5 amide bonds. The van der Waals surface area contributed by atoms with Crippen LogP contribution in [-0.4, -0.2) is 185 Å². The first-order valence-electron chi connectivity index (χ1n) is 24.5. The van der Waals surface area contributed by atoms with Crippen molar-refractivity contribution in [1.82, 2.24) is 30.9 Å². The number of para-hydroxylation sites is 1. The van der Waals surface area contributed by atoms with E-state index in [0.29, 0.717) is 0 Å². The van der Waals surface area contributed by atoms with Crippen LogP contribution in [0.15, 0.2) is 41.0 Å². The molecule has 9 N–H and O–H groups in total. The van der Waals surface area contributed by atoms with Gasteiger partial charge in [-0.25, -0.2) is 32.3 Å². The van der Waals surface area contributed by atoms with E-state index in [9.17, 15) is 62.9 Å². The van der Waals surface area contributed by atoms with E-state index >= 15 is 0 Å². The number of nitrogens with one attached hydrogen (secondary N) is 5. The van der Waals surface area contributed by atoms with Gasteiger partial charge in [0.1, 0.15) is 58.2 Å². The number of ether oxygens (including phenoxy) is 7. The van der Waals surface area contributed by atoms with Crippen LogP contribution in [0.2, 0.25) is 0 Å². The normalized spacial score (nSPS) is 27.7. The van der Waals surface area contributed by atoms with Gasteiger partial charge in [0.2, 0.25) is 10.0 Å². The molecule has 3 aliphatic rings. The Hall–Kier alpha value is -5.62. The number of carbonyl (C=O) groups is 5. The number of rotatable bonds is 15. The van der Waals surface area contributed by atoms with Crippen molar-refractivity contribution in [2.24, 2.45) is 5.92 Å². The maximum atomic E-state index is 13.9. The molecule has 0 spiro atoms. The number of nitro groups is 1. The Morgan fingerprint density at radius 2 is 1.37 bits per heavy atom. The Balaban J connectivity index is 1.86. The minimum absolute atomic E-state index is 0.118. The van der Waals surface area contributed by atoms with Gasteiger partial charge < -0.3 is 79.8 Å². The lowest BCUT2D eigenvalue weighted by molar-refractivity contribution is -0.387. The lowest BCUT2D eigenvalue weighted by Crippen LogP contribution is -2.71. The third-order valence-electron chi connectivity index (χ3n) is 11.6. The average Bonchev–Trinajstić information content (AvgIpc) is 3.24. The Morgan fingerprint density at radius 1 is 0.829 bits per heavy atom. The lowest BCUT2D eigenvalue weighted by Gasteiger charge is -2.52. The molecule has 1 aromatic rings. The molecular weight excluding hydrogens is 1030 g/mol. The van der Waals surface area contributed by atoms with E-state index < -0.39 is 177 Å². The van der Waals surface area contributed by atoms with E-state index in [2.05, 4.69) is 26.0 Å². The first-order chi connectivity index (χ1) is 34.7. The number of likely N-dealkylation sites (N-methyl/N-ethyl adjacent to an activating group) is 1. The summed E-state index contributed by atoms with van der Waals surface area (Å²) in [6.45, 7) is 18.5. The zero-order valence-electron chi connectivity index (χ0n) is 45.4. The second-order valence-corrected chi connectivity index (χ2v) is 24.8. The molecule has 1 aromatic carbocycles. The van der Waals surface area contributed by atoms with Gasteiger partial charge in [-0.05, 0) is 115 Å². The van der Waals surface area contributed by atoms with Crippen LogP contribution < -0.4 is 26.0 Å². The first kappa shape index (κ1) is 62.9. The number of sulfonamides is 1. The largest absolute Gasteiger partial charge is 0.491 e. The Bertz CT molecular complexity index is 2400. The summed E-state index contributed by atoms with van der Waals surface area (Å²) < 4.78 is 70.1. The number of amides is 5. The summed E-state index contributed by atoms with van der Waals surface area (Å²) in [6, 6.07) is -0.933. The zero-order chi connectivity index (χ0) is 57.7. The van der Waals surface area contributed by atoms with Crippen molar-refractivity contribution in [1.29, 1.82) is 0 Å². The maximum absolute atomic E-state index is 13.9. The molecule has 0 aromatic heterocycles. The molecule has 0 radical (unpaired) electrons. The fourth-order valence-electron chi connectivity index (χ4n) is 8.64. The number of aliphatic hydroxyl groups excluding tert-OH is 3. The second-order valence-electron chi connectivity index (χ2n) is 23.0. The van der Waals surface area contributed by atoms with E-state index in [-0.39, 0.29) is 12.2 Å². The molecule has 1 aliphatic carbocycles. The number of carbonyl (C=O) groups excluding carboxylic acids is 5. The van der Waals surface area contributed by atoms with Gasteiger partial charge in [0.25, 0.3) is 11.6 Å². The van der Waals surface area contributed by atoms with Gasteiger partial charge in [-0.1, -0.05) is 12.1 Å². The number of hydrogen-bond donors (Lipinski definition) is 9. The van der Waals surface area contributed by atoms with Crippen LogP contribution in [0.5, 0.6) is 0 Å². The molecule has 27 nitrogen and oxygen atoms in total. The Kier molecular flexibility index (Phi) is 20.2. The van der Waals surface area contributed by atoms with Crippen molar-refractivity contribution < 1.29 is 90.9 Å². The molecule has 4 rings (SSSR count). The molecule has 0 bridgehead atoms. The zero-order valence-corrected chi connectivity index (χ0v) is 46.2. The molecule has 76 heavy (non-hydrogen) atoms. The van der Waals surface area contributed by atoms with E-state index in [1.54, 1.807) is 83.1 Å². The van der Waals surface area contributed by atoms with Gasteiger partial charge in [-0.3, -0.25) is 14.9 Å². The fraction of sp³-hybridized carbons (Fsp3) is 0.729. The highest BCUT2D eigenvalue weighted by Gasteiger charge is 2.57. The van der Waals surface area contributed by atoms with Gasteiger partial charge in [-0.2, -0.15) is 0 Å². The van der Waals surface area contributed by atoms with Crippen molar-refractivity contribution in [2.45, 2.75) is 197 Å². The lowest BCUT2D eigenvalue weighted by atomic mass is 9.72. The maximum Gasteiger partial charge on any atom is 0.410 e. The van der Waals surface area contributed by atoms with Gasteiger partial charge >= 0.3 is 24.4 Å². The molecule has 2 fully saturated rings. The van der Waals surface area contributed by atoms with Crippen LogP contribution in [0.3, 0.4) is 0 Å². The van der Waals surface area contributed by atoms with Crippen LogP contribution in [0.25, 0.3) is 0 Å². The van der Waals surface area contributed by atoms with Crippen LogP contribution in [-0.2, 0) is 48.0 Å². The number of hydrogen-bond acceptors (Lipinski definition) is 20. The van der Waals surface area contributed by atoms with E-state index in [0.717, 1.165) is 17.0 Å². The highest BCUT2D eigenvalue weighted by Crippen LogP contribution is 2.39. The minimum Gasteiger partial charge on any atom is -0.491 e. The number of aliphatic hydroxyl groups is 4. The summed E-state index contributed by atoms with van der Waals surface area (Å²) in [5, 5.41) is 69.6. The van der Waals surface area contributed by atoms with Gasteiger partial charge in [0.15, 0.2) is 11.2 Å². The fourth-order valence-corrected chi connectivity index (χ4v) is 9.80. The third kappa shape index (κ3) is 18.0. The van der Waals surface area contributed by atoms with Crippen molar-refractivity contribution in [3.05, 3.63) is 46.2 Å². The molecular formula is C48H77N7O20S. The first-order valence-corrected chi connectivity index (χ1v) is 26.0. The smallest absolute Gasteiger partial charge is 0.410 e. The van der Waals surface area contributed by atoms with Crippen LogP contribution in [0.4, 0.5) is 24.9 Å². The van der Waals surface area contributed by atoms with E-state index in [4.69, 9.17) is 33.2 Å². The average molecular weight is 1100 g/mol. The van der Waals surface area contributed by atoms with Crippen LogP contribution in [0, 0.1) is 16.0 Å². The molecule has 1 saturated heterocycles. The second kappa shape index (κ2) is 24.4. The number of nitro benzene ring substituents is 1. The van der Waals surface area contributed by atoms with Crippen molar-refractivity contribution in [3.63, 3.8) is 0 Å². The van der Waals surface area contributed by atoms with E-state index in [1.807, 2.05) is 0 Å². The van der Waals surface area contributed by atoms with E-state index in [1.165, 1.54) is 32.2 Å². The Morgan fingerprint density at radius 3 is 1.92 bits per heavy atom.